The van der Waals surface area contributed by atoms with E-state index in [-0.39, 0.29) is 29.2 Å². The summed E-state index contributed by atoms with van der Waals surface area (Å²) in [5.74, 6) is -0.963. The first-order valence-corrected chi connectivity index (χ1v) is 11.4. The first-order chi connectivity index (χ1) is 14.2. The number of likely N-dealkylation sites (tertiary alicyclic amines) is 1. The molecule has 0 aliphatic carbocycles. The molecule has 9 heteroatoms. The van der Waals surface area contributed by atoms with Gasteiger partial charge in [-0.3, -0.25) is 13.9 Å². The molecule has 2 aromatic carbocycles. The Hall–Kier alpha value is -2.58. The highest BCUT2D eigenvalue weighted by Gasteiger charge is 2.32. The fourth-order valence-corrected chi connectivity index (χ4v) is 5.18. The van der Waals surface area contributed by atoms with E-state index in [1.165, 1.54) is 12.1 Å². The zero-order chi connectivity index (χ0) is 21.9. The zero-order valence-corrected chi connectivity index (χ0v) is 18.2. The molecule has 0 unspecified atom stereocenters. The van der Waals surface area contributed by atoms with Crippen molar-refractivity contribution in [1.29, 1.82) is 0 Å². The third-order valence-electron chi connectivity index (χ3n) is 5.37. The number of carbonyl (C=O) groups is 2. The van der Waals surface area contributed by atoms with E-state index in [0.717, 1.165) is 4.31 Å². The van der Waals surface area contributed by atoms with Gasteiger partial charge < -0.3 is 10.6 Å². The second-order valence-corrected chi connectivity index (χ2v) is 9.54. The Bertz CT molecular complexity index is 1040. The molecule has 1 heterocycles. The van der Waals surface area contributed by atoms with Crippen LogP contribution < -0.4 is 10.0 Å². The Kier molecular flexibility index (Phi) is 6.67. The zero-order valence-electron chi connectivity index (χ0n) is 16.6. The number of primary amides is 1. The molecule has 2 N–H and O–H groups in total. The molecule has 2 amide bonds. The Morgan fingerprint density at radius 3 is 2.33 bits per heavy atom. The number of hydrogen-bond acceptors (Lipinski definition) is 4. The summed E-state index contributed by atoms with van der Waals surface area (Å²) in [6.07, 6.45) is 0.950. The molecule has 1 saturated heterocycles. The van der Waals surface area contributed by atoms with E-state index in [1.807, 2.05) is 0 Å². The van der Waals surface area contributed by atoms with Crippen LogP contribution in [0.4, 0.5) is 5.69 Å². The summed E-state index contributed by atoms with van der Waals surface area (Å²) in [6, 6.07) is 12.9. The topological polar surface area (TPSA) is 101 Å². The molecule has 0 spiro atoms. The number of halogens is 1. The van der Waals surface area contributed by atoms with E-state index < -0.39 is 10.0 Å². The first-order valence-electron chi connectivity index (χ1n) is 9.62. The molecular formula is C21H24ClN3O4S. The van der Waals surface area contributed by atoms with E-state index in [9.17, 15) is 18.0 Å². The van der Waals surface area contributed by atoms with Gasteiger partial charge in [-0.05, 0) is 49.6 Å². The highest BCUT2D eigenvalue weighted by molar-refractivity contribution is 7.92. The van der Waals surface area contributed by atoms with Gasteiger partial charge in [0.25, 0.3) is 10.0 Å². The SMILES string of the molecule is Cc1c(Cl)cccc1N(CC(=O)N1CCC(C(N)=O)CC1)S(=O)(=O)c1ccccc1. The number of nitrogens with zero attached hydrogens (tertiary/aromatic N) is 2. The van der Waals surface area contributed by atoms with Gasteiger partial charge in [-0.2, -0.15) is 0 Å². The summed E-state index contributed by atoms with van der Waals surface area (Å²) in [5, 5.41) is 0.412. The summed E-state index contributed by atoms with van der Waals surface area (Å²) < 4.78 is 27.9. The van der Waals surface area contributed by atoms with Crippen molar-refractivity contribution in [2.45, 2.75) is 24.7 Å². The largest absolute Gasteiger partial charge is 0.369 e. The number of hydrogen-bond donors (Lipinski definition) is 1. The Morgan fingerprint density at radius 1 is 1.10 bits per heavy atom. The van der Waals surface area contributed by atoms with Crippen LogP contribution in [0.5, 0.6) is 0 Å². The number of anilines is 1. The van der Waals surface area contributed by atoms with Gasteiger partial charge in [-0.25, -0.2) is 8.42 Å². The van der Waals surface area contributed by atoms with Gasteiger partial charge in [0.2, 0.25) is 11.8 Å². The summed E-state index contributed by atoms with van der Waals surface area (Å²) >= 11 is 6.22. The lowest BCUT2D eigenvalue weighted by Crippen LogP contribution is -2.47. The van der Waals surface area contributed by atoms with Crippen LogP contribution in [0.3, 0.4) is 0 Å². The molecule has 160 valence electrons. The minimum atomic E-state index is -4.00. The quantitative estimate of drug-likeness (QED) is 0.732. The lowest BCUT2D eigenvalue weighted by Gasteiger charge is -2.33. The summed E-state index contributed by atoms with van der Waals surface area (Å²) in [5.41, 5.74) is 6.28. The van der Waals surface area contributed by atoms with Crippen molar-refractivity contribution < 1.29 is 18.0 Å². The summed E-state index contributed by atoms with van der Waals surface area (Å²) in [7, 11) is -4.00. The standard InChI is InChI=1S/C21H24ClN3O4S/c1-15-18(22)8-5-9-19(15)25(30(28,29)17-6-3-2-4-7-17)14-20(26)24-12-10-16(11-13-24)21(23)27/h2-9,16H,10-14H2,1H3,(H2,23,27). The van der Waals surface area contributed by atoms with E-state index in [2.05, 4.69) is 0 Å². The smallest absolute Gasteiger partial charge is 0.264 e. The summed E-state index contributed by atoms with van der Waals surface area (Å²) in [6.45, 7) is 2.08. The fraction of sp³-hybridized carbons (Fsp3) is 0.333. The van der Waals surface area contributed by atoms with Gasteiger partial charge in [0, 0.05) is 24.0 Å². The maximum atomic E-state index is 13.4. The van der Waals surface area contributed by atoms with Crippen LogP contribution >= 0.6 is 11.6 Å². The second kappa shape index (κ2) is 9.06. The number of sulfonamides is 1. The maximum absolute atomic E-state index is 13.4. The van der Waals surface area contributed by atoms with Crippen molar-refractivity contribution >= 4 is 39.1 Å². The highest BCUT2D eigenvalue weighted by atomic mass is 35.5. The van der Waals surface area contributed by atoms with Crippen molar-refractivity contribution in [3.8, 4) is 0 Å². The molecule has 7 nitrogen and oxygen atoms in total. The lowest BCUT2D eigenvalue weighted by molar-refractivity contribution is -0.133. The van der Waals surface area contributed by atoms with Crippen LogP contribution in [0, 0.1) is 12.8 Å². The number of nitrogens with two attached hydrogens (primary N) is 1. The molecule has 30 heavy (non-hydrogen) atoms. The average molecular weight is 450 g/mol. The molecule has 3 rings (SSSR count). The van der Waals surface area contributed by atoms with Gasteiger partial charge in [-0.1, -0.05) is 35.9 Å². The normalized spacial score (nSPS) is 15.1. The first kappa shape index (κ1) is 22.1. The second-order valence-electron chi connectivity index (χ2n) is 7.27. The van der Waals surface area contributed by atoms with Crippen molar-refractivity contribution in [2.75, 3.05) is 23.9 Å². The molecule has 0 radical (unpaired) electrons. The highest BCUT2D eigenvalue weighted by Crippen LogP contribution is 2.31. The number of rotatable bonds is 6. The summed E-state index contributed by atoms with van der Waals surface area (Å²) in [4.78, 5) is 26.0. The van der Waals surface area contributed by atoms with Gasteiger partial charge >= 0.3 is 0 Å². The Morgan fingerprint density at radius 2 is 1.73 bits per heavy atom. The molecule has 2 aromatic rings. The van der Waals surface area contributed by atoms with Crippen molar-refractivity contribution in [3.05, 3.63) is 59.1 Å². The van der Waals surface area contributed by atoms with E-state index in [1.54, 1.807) is 48.2 Å². The van der Waals surface area contributed by atoms with Crippen molar-refractivity contribution in [1.82, 2.24) is 4.90 Å². The molecule has 0 aromatic heterocycles. The van der Waals surface area contributed by atoms with Crippen LogP contribution in [-0.2, 0) is 19.6 Å². The monoisotopic (exact) mass is 449 g/mol. The molecule has 0 atom stereocenters. The molecule has 1 fully saturated rings. The predicted octanol–water partition coefficient (Wildman–Crippen LogP) is 2.57. The molecule has 1 aliphatic rings. The predicted molar refractivity (Wildman–Crippen MR) is 116 cm³/mol. The molecule has 1 aliphatic heterocycles. The maximum Gasteiger partial charge on any atom is 0.264 e. The fourth-order valence-electron chi connectivity index (χ4n) is 3.52. The van der Waals surface area contributed by atoms with Crippen LogP contribution in [-0.4, -0.2) is 44.8 Å². The third-order valence-corrected chi connectivity index (χ3v) is 7.55. The Balaban J connectivity index is 1.92. The molecule has 0 bridgehead atoms. The van der Waals surface area contributed by atoms with Crippen molar-refractivity contribution in [3.63, 3.8) is 0 Å². The van der Waals surface area contributed by atoms with Gasteiger partial charge in [0.1, 0.15) is 6.54 Å². The number of piperidine rings is 1. The average Bonchev–Trinajstić information content (AvgIpc) is 2.74. The number of carbonyl (C=O) groups excluding carboxylic acids is 2. The van der Waals surface area contributed by atoms with Crippen LogP contribution in [0.15, 0.2) is 53.4 Å². The minimum absolute atomic E-state index is 0.0876. The molecule has 0 saturated carbocycles. The van der Waals surface area contributed by atoms with Gasteiger partial charge in [-0.15, -0.1) is 0 Å². The van der Waals surface area contributed by atoms with Crippen LogP contribution in [0.25, 0.3) is 0 Å². The lowest BCUT2D eigenvalue weighted by atomic mass is 9.96. The third kappa shape index (κ3) is 4.60. The van der Waals surface area contributed by atoms with Gasteiger partial charge in [0.05, 0.1) is 10.6 Å². The van der Waals surface area contributed by atoms with Crippen molar-refractivity contribution in [2.24, 2.45) is 11.7 Å². The minimum Gasteiger partial charge on any atom is -0.369 e. The molecular weight excluding hydrogens is 426 g/mol. The number of benzene rings is 2. The Labute approximate surface area is 181 Å². The van der Waals surface area contributed by atoms with E-state index >= 15 is 0 Å². The van der Waals surface area contributed by atoms with E-state index in [4.69, 9.17) is 17.3 Å². The van der Waals surface area contributed by atoms with Crippen LogP contribution in [0.1, 0.15) is 18.4 Å². The number of amides is 2. The van der Waals surface area contributed by atoms with E-state index in [0.29, 0.717) is 42.2 Å². The van der Waals surface area contributed by atoms with Crippen LogP contribution in [0.2, 0.25) is 5.02 Å². The van der Waals surface area contributed by atoms with Gasteiger partial charge in [0.15, 0.2) is 0 Å².